The first-order chi connectivity index (χ1) is 27.8. The lowest BCUT2D eigenvalue weighted by atomic mass is 9.94. The number of benzene rings is 10. The largest absolute Gasteiger partial charge is 0.310 e. The number of aromatic nitrogens is 1. The first-order valence-corrected chi connectivity index (χ1v) is 19.3. The van der Waals surface area contributed by atoms with E-state index in [2.05, 4.69) is 228 Å². The molecule has 0 radical (unpaired) electrons. The van der Waals surface area contributed by atoms with Gasteiger partial charge in [-0.3, -0.25) is 0 Å². The highest BCUT2D eigenvalue weighted by molar-refractivity contribution is 6.14. The smallest absolute Gasteiger partial charge is 0.0619 e. The zero-order valence-electron chi connectivity index (χ0n) is 30.7. The van der Waals surface area contributed by atoms with Gasteiger partial charge in [0, 0.05) is 39.1 Å². The summed E-state index contributed by atoms with van der Waals surface area (Å²) in [6, 6.07) is 79.4. The number of fused-ring (bicyclic) bond motifs is 7. The summed E-state index contributed by atoms with van der Waals surface area (Å²) in [5.74, 6) is 0. The van der Waals surface area contributed by atoms with E-state index in [0.717, 1.165) is 22.7 Å². The van der Waals surface area contributed by atoms with E-state index in [1.54, 1.807) is 0 Å². The Kier molecular flexibility index (Phi) is 7.53. The molecule has 0 saturated carbocycles. The van der Waals surface area contributed by atoms with Gasteiger partial charge in [0.2, 0.25) is 0 Å². The molecule has 0 spiro atoms. The molecule has 1 heterocycles. The van der Waals surface area contributed by atoms with Crippen molar-refractivity contribution in [3.05, 3.63) is 218 Å². The Morgan fingerprint density at radius 1 is 0.304 bits per heavy atom. The van der Waals surface area contributed by atoms with Crippen molar-refractivity contribution in [2.24, 2.45) is 0 Å². The molecular weight excluding hydrogens is 677 g/mol. The molecule has 1 aromatic heterocycles. The number of anilines is 3. The predicted octanol–water partition coefficient (Wildman–Crippen LogP) is 15.0. The second-order valence-corrected chi connectivity index (χ2v) is 14.5. The molecule has 11 rings (SSSR count). The van der Waals surface area contributed by atoms with Crippen molar-refractivity contribution >= 4 is 71.2 Å². The average molecular weight is 713 g/mol. The maximum Gasteiger partial charge on any atom is 0.0619 e. The third kappa shape index (κ3) is 5.26. The van der Waals surface area contributed by atoms with Gasteiger partial charge in [0.15, 0.2) is 0 Å². The molecule has 0 amide bonds. The molecule has 11 aromatic rings. The van der Waals surface area contributed by atoms with Crippen LogP contribution in [0.15, 0.2) is 218 Å². The summed E-state index contributed by atoms with van der Waals surface area (Å²) in [5.41, 5.74) is 11.7. The molecule has 0 saturated heterocycles. The van der Waals surface area contributed by atoms with Crippen LogP contribution in [0.2, 0.25) is 0 Å². The lowest BCUT2D eigenvalue weighted by Gasteiger charge is -2.26. The Hall–Kier alpha value is -7.42. The van der Waals surface area contributed by atoms with Gasteiger partial charge in [-0.1, -0.05) is 164 Å². The summed E-state index contributed by atoms with van der Waals surface area (Å²) in [4.78, 5) is 2.37. The van der Waals surface area contributed by atoms with Crippen LogP contribution in [0.4, 0.5) is 17.1 Å². The van der Waals surface area contributed by atoms with Gasteiger partial charge in [0.1, 0.15) is 0 Å². The van der Waals surface area contributed by atoms with Crippen LogP contribution in [0, 0.1) is 0 Å². The molecule has 2 nitrogen and oxygen atoms in total. The first-order valence-electron chi connectivity index (χ1n) is 19.3. The molecule has 0 aliphatic heterocycles. The fraction of sp³-hybridized carbons (Fsp3) is 0. The van der Waals surface area contributed by atoms with Crippen LogP contribution in [0.3, 0.4) is 0 Å². The normalized spacial score (nSPS) is 11.6. The SMILES string of the molecule is c1ccc(-n2c3ccccc3c3cccc(-c4ccc(N(c5ccc(-c6cccc7c6ccc6ccccc67)cc5)c5ccc6ccccc6c5)cc4)c32)cc1. The van der Waals surface area contributed by atoms with Gasteiger partial charge in [-0.25, -0.2) is 0 Å². The molecule has 0 bridgehead atoms. The minimum absolute atomic E-state index is 1.10. The Bertz CT molecular complexity index is 3230. The zero-order valence-corrected chi connectivity index (χ0v) is 30.7. The predicted molar refractivity (Wildman–Crippen MR) is 239 cm³/mol. The Morgan fingerprint density at radius 3 is 1.62 bits per heavy atom. The van der Waals surface area contributed by atoms with Crippen LogP contribution < -0.4 is 4.90 Å². The molecule has 0 fully saturated rings. The molecule has 2 heteroatoms. The topological polar surface area (TPSA) is 8.17 Å². The third-order valence-corrected chi connectivity index (χ3v) is 11.4. The van der Waals surface area contributed by atoms with Crippen LogP contribution >= 0.6 is 0 Å². The quantitative estimate of drug-likeness (QED) is 0.156. The molecular formula is C54H36N2. The lowest BCUT2D eigenvalue weighted by Crippen LogP contribution is -2.09. The van der Waals surface area contributed by atoms with Crippen LogP contribution in [0.1, 0.15) is 0 Å². The van der Waals surface area contributed by atoms with E-state index in [0.29, 0.717) is 0 Å². The van der Waals surface area contributed by atoms with Crippen molar-refractivity contribution in [3.63, 3.8) is 0 Å². The number of para-hydroxylation sites is 3. The van der Waals surface area contributed by atoms with Gasteiger partial charge in [0.25, 0.3) is 0 Å². The fourth-order valence-corrected chi connectivity index (χ4v) is 8.73. The molecule has 0 aliphatic rings. The van der Waals surface area contributed by atoms with E-state index in [9.17, 15) is 0 Å². The molecule has 10 aromatic carbocycles. The maximum atomic E-state index is 2.41. The Balaban J connectivity index is 1.03. The third-order valence-electron chi connectivity index (χ3n) is 11.4. The highest BCUT2D eigenvalue weighted by atomic mass is 15.1. The van der Waals surface area contributed by atoms with Gasteiger partial charge in [0.05, 0.1) is 11.0 Å². The molecule has 0 atom stereocenters. The van der Waals surface area contributed by atoms with E-state index in [1.165, 1.54) is 76.4 Å². The number of hydrogen-bond acceptors (Lipinski definition) is 1. The van der Waals surface area contributed by atoms with Crippen molar-refractivity contribution in [1.29, 1.82) is 0 Å². The average Bonchev–Trinajstić information content (AvgIpc) is 3.62. The second-order valence-electron chi connectivity index (χ2n) is 14.5. The van der Waals surface area contributed by atoms with Gasteiger partial charge < -0.3 is 9.47 Å². The van der Waals surface area contributed by atoms with Crippen molar-refractivity contribution < 1.29 is 0 Å². The van der Waals surface area contributed by atoms with Gasteiger partial charge in [-0.05, 0) is 104 Å². The number of hydrogen-bond donors (Lipinski definition) is 0. The minimum Gasteiger partial charge on any atom is -0.310 e. The van der Waals surface area contributed by atoms with E-state index >= 15 is 0 Å². The summed E-state index contributed by atoms with van der Waals surface area (Å²) in [7, 11) is 0. The van der Waals surface area contributed by atoms with Crippen molar-refractivity contribution in [2.75, 3.05) is 4.90 Å². The zero-order chi connectivity index (χ0) is 37.0. The van der Waals surface area contributed by atoms with E-state index in [1.807, 2.05) is 0 Å². The Labute approximate surface area is 325 Å². The molecule has 262 valence electrons. The van der Waals surface area contributed by atoms with Crippen LogP contribution in [0.25, 0.3) is 82.1 Å². The van der Waals surface area contributed by atoms with E-state index in [4.69, 9.17) is 0 Å². The summed E-state index contributed by atoms with van der Waals surface area (Å²) < 4.78 is 2.41. The number of nitrogens with zero attached hydrogens (tertiary/aromatic N) is 2. The van der Waals surface area contributed by atoms with Crippen molar-refractivity contribution in [3.8, 4) is 27.9 Å². The van der Waals surface area contributed by atoms with Gasteiger partial charge in [-0.2, -0.15) is 0 Å². The Morgan fingerprint density at radius 2 is 0.857 bits per heavy atom. The monoisotopic (exact) mass is 712 g/mol. The molecule has 0 unspecified atom stereocenters. The summed E-state index contributed by atoms with van der Waals surface area (Å²) >= 11 is 0. The van der Waals surface area contributed by atoms with E-state index in [-0.39, 0.29) is 0 Å². The second kappa shape index (κ2) is 13.2. The molecule has 56 heavy (non-hydrogen) atoms. The van der Waals surface area contributed by atoms with Gasteiger partial charge in [-0.15, -0.1) is 0 Å². The van der Waals surface area contributed by atoms with Crippen LogP contribution in [-0.2, 0) is 0 Å². The highest BCUT2D eigenvalue weighted by Crippen LogP contribution is 2.42. The summed E-state index contributed by atoms with van der Waals surface area (Å²) in [6.45, 7) is 0. The van der Waals surface area contributed by atoms with Crippen LogP contribution in [-0.4, -0.2) is 4.57 Å². The standard InChI is InChI=1S/C54H36N2/c1-2-15-42(16-3-1)56-53-23-9-8-18-51(53)52-22-11-20-48(54(52)56)40-27-32-44(33-28-40)55(45-34-24-37-12-4-5-14-41(37)36-45)43-30-25-39(26-31-43)47-19-10-21-49-46-17-7-6-13-38(46)29-35-50(47)49/h1-36H. The minimum atomic E-state index is 1.10. The lowest BCUT2D eigenvalue weighted by molar-refractivity contribution is 1.18. The molecule has 0 aliphatic carbocycles. The van der Waals surface area contributed by atoms with E-state index < -0.39 is 0 Å². The summed E-state index contributed by atoms with van der Waals surface area (Å²) in [6.07, 6.45) is 0. The fourth-order valence-electron chi connectivity index (χ4n) is 8.73. The summed E-state index contributed by atoms with van der Waals surface area (Å²) in [5, 5.41) is 10.0. The number of rotatable bonds is 6. The van der Waals surface area contributed by atoms with Crippen molar-refractivity contribution in [2.45, 2.75) is 0 Å². The van der Waals surface area contributed by atoms with Crippen molar-refractivity contribution in [1.82, 2.24) is 4.57 Å². The van der Waals surface area contributed by atoms with Crippen LogP contribution in [0.5, 0.6) is 0 Å². The maximum absolute atomic E-state index is 2.41. The highest BCUT2D eigenvalue weighted by Gasteiger charge is 2.18. The van der Waals surface area contributed by atoms with Gasteiger partial charge >= 0.3 is 0 Å². The molecule has 0 N–H and O–H groups in total. The first kappa shape index (κ1) is 32.0.